The van der Waals surface area contributed by atoms with E-state index in [1.807, 2.05) is 78.9 Å². The van der Waals surface area contributed by atoms with Crippen LogP contribution >= 0.6 is 0 Å². The highest BCUT2D eigenvalue weighted by atomic mass is 16.2. The molecule has 0 aromatic heterocycles. The number of rotatable bonds is 8. The molecule has 0 spiro atoms. The molecule has 0 unspecified atom stereocenters. The van der Waals surface area contributed by atoms with Gasteiger partial charge >= 0.3 is 0 Å². The molecule has 0 bridgehead atoms. The van der Waals surface area contributed by atoms with E-state index in [-0.39, 0.29) is 5.91 Å². The zero-order chi connectivity index (χ0) is 20.6. The van der Waals surface area contributed by atoms with Crippen molar-refractivity contribution in [3.05, 3.63) is 109 Å². The van der Waals surface area contributed by atoms with E-state index >= 15 is 0 Å². The molecule has 1 N–H and O–H groups in total. The number of carbonyl (C=O) groups is 1. The molecule has 0 fully saturated rings. The van der Waals surface area contributed by atoms with Crippen LogP contribution in [0.25, 0.3) is 0 Å². The summed E-state index contributed by atoms with van der Waals surface area (Å²) < 4.78 is 0. The van der Waals surface area contributed by atoms with Crippen molar-refractivity contribution in [3.63, 3.8) is 0 Å². The van der Waals surface area contributed by atoms with Crippen molar-refractivity contribution in [1.82, 2.24) is 0 Å². The average Bonchev–Trinajstić information content (AvgIpc) is 2.75. The number of hydrogen-bond donors (Lipinski definition) is 1. The highest BCUT2D eigenvalue weighted by Gasteiger charge is 2.27. The summed E-state index contributed by atoms with van der Waals surface area (Å²) in [6.07, 6.45) is 1.83. The molecule has 3 aromatic rings. The molecule has 0 saturated carbocycles. The molecule has 3 rings (SSSR count). The van der Waals surface area contributed by atoms with Gasteiger partial charge in [0.25, 0.3) is 5.91 Å². The van der Waals surface area contributed by atoms with E-state index in [0.717, 1.165) is 16.9 Å². The maximum absolute atomic E-state index is 13.4. The summed E-state index contributed by atoms with van der Waals surface area (Å²) in [6.45, 7) is 8.77. The van der Waals surface area contributed by atoms with Crippen molar-refractivity contribution in [2.45, 2.75) is 25.8 Å². The first-order valence-corrected chi connectivity index (χ1v) is 9.98. The highest BCUT2D eigenvalue weighted by molar-refractivity contribution is 5.97. The summed E-state index contributed by atoms with van der Waals surface area (Å²) >= 11 is 0. The minimum Gasteiger partial charge on any atom is -0.352 e. The first-order valence-electron chi connectivity index (χ1n) is 9.98. The second kappa shape index (κ2) is 9.74. The maximum Gasteiger partial charge on any atom is 0.251 e. The highest BCUT2D eigenvalue weighted by Crippen LogP contribution is 2.29. The smallest absolute Gasteiger partial charge is 0.251 e. The molecule has 0 aliphatic carbocycles. The molecule has 1 atom stereocenters. The van der Waals surface area contributed by atoms with Gasteiger partial charge in [0.2, 0.25) is 0 Å². The predicted octanol–water partition coefficient (Wildman–Crippen LogP) is 6.18. The number of carbonyl (C=O) groups excluding carboxylic acids is 1. The molecule has 148 valence electrons. The quantitative estimate of drug-likeness (QED) is 0.470. The summed E-state index contributed by atoms with van der Waals surface area (Å²) in [5.74, 6) is 0.386. The Hall–Kier alpha value is -3.33. The summed E-state index contributed by atoms with van der Waals surface area (Å²) in [7, 11) is 0. The normalized spacial score (nSPS) is 11.7. The van der Waals surface area contributed by atoms with E-state index < -0.39 is 6.04 Å². The molecule has 0 radical (unpaired) electrons. The van der Waals surface area contributed by atoms with Crippen molar-refractivity contribution in [1.29, 1.82) is 0 Å². The largest absolute Gasteiger partial charge is 0.352 e. The van der Waals surface area contributed by atoms with Crippen molar-refractivity contribution in [2.24, 2.45) is 0 Å². The van der Waals surface area contributed by atoms with Gasteiger partial charge in [0.15, 0.2) is 0 Å². The number of nitrogens with zero attached hydrogens (tertiary/aromatic N) is 1. The number of anilines is 2. The number of nitrogens with one attached hydrogen (secondary N) is 1. The topological polar surface area (TPSA) is 32.3 Å². The minimum absolute atomic E-state index is 0.0702. The van der Waals surface area contributed by atoms with Crippen LogP contribution in [0.1, 0.15) is 36.9 Å². The van der Waals surface area contributed by atoms with E-state index in [1.165, 1.54) is 5.56 Å². The van der Waals surface area contributed by atoms with Gasteiger partial charge in [0, 0.05) is 17.9 Å². The second-order valence-electron chi connectivity index (χ2n) is 7.36. The fraction of sp³-hybridized carbons (Fsp3) is 0.192. The van der Waals surface area contributed by atoms with Crippen molar-refractivity contribution in [3.8, 4) is 0 Å². The Morgan fingerprint density at radius 3 is 2.03 bits per heavy atom. The van der Waals surface area contributed by atoms with E-state index in [9.17, 15) is 4.79 Å². The van der Waals surface area contributed by atoms with Gasteiger partial charge in [-0.25, -0.2) is 0 Å². The van der Waals surface area contributed by atoms with Gasteiger partial charge in [0.1, 0.15) is 6.04 Å². The van der Waals surface area contributed by atoms with Gasteiger partial charge in [-0.2, -0.15) is 0 Å². The van der Waals surface area contributed by atoms with Crippen LogP contribution in [0.4, 0.5) is 11.4 Å². The lowest BCUT2D eigenvalue weighted by atomic mass is 10.0. The summed E-state index contributed by atoms with van der Waals surface area (Å²) in [6, 6.07) is 27.4. The summed E-state index contributed by atoms with van der Waals surface area (Å²) in [5, 5.41) is 3.10. The molecular weight excluding hydrogens is 356 g/mol. The SMILES string of the molecule is C=CCN(c1ccccc1)[C@@H](C(=O)Nc1ccc(C(C)C)cc1)c1ccccc1. The lowest BCUT2D eigenvalue weighted by molar-refractivity contribution is -0.117. The Morgan fingerprint density at radius 2 is 1.48 bits per heavy atom. The predicted molar refractivity (Wildman–Crippen MR) is 122 cm³/mol. The van der Waals surface area contributed by atoms with Crippen molar-refractivity contribution < 1.29 is 4.79 Å². The summed E-state index contributed by atoms with van der Waals surface area (Å²) in [4.78, 5) is 15.5. The van der Waals surface area contributed by atoms with Crippen LogP contribution in [0, 0.1) is 0 Å². The van der Waals surface area contributed by atoms with Crippen LogP contribution in [0.2, 0.25) is 0 Å². The number of amides is 1. The molecule has 0 heterocycles. The third-order valence-corrected chi connectivity index (χ3v) is 4.93. The van der Waals surface area contributed by atoms with E-state index in [4.69, 9.17) is 0 Å². The van der Waals surface area contributed by atoms with Crippen LogP contribution in [0.15, 0.2) is 97.6 Å². The van der Waals surface area contributed by atoms with Gasteiger partial charge in [-0.05, 0) is 41.3 Å². The van der Waals surface area contributed by atoms with Crippen LogP contribution < -0.4 is 10.2 Å². The van der Waals surface area contributed by atoms with Crippen molar-refractivity contribution >= 4 is 17.3 Å². The fourth-order valence-electron chi connectivity index (χ4n) is 3.39. The molecule has 3 aromatic carbocycles. The van der Waals surface area contributed by atoms with Crippen LogP contribution in [-0.2, 0) is 4.79 Å². The van der Waals surface area contributed by atoms with Crippen LogP contribution in [-0.4, -0.2) is 12.5 Å². The minimum atomic E-state index is -0.471. The van der Waals surface area contributed by atoms with Crippen LogP contribution in [0.3, 0.4) is 0 Å². The molecule has 0 aliphatic rings. The number of para-hydroxylation sites is 1. The lowest BCUT2D eigenvalue weighted by Gasteiger charge is -2.32. The monoisotopic (exact) mass is 384 g/mol. The Balaban J connectivity index is 1.94. The molecular formula is C26H28N2O. The first-order chi connectivity index (χ1) is 14.1. The van der Waals surface area contributed by atoms with Crippen molar-refractivity contribution in [2.75, 3.05) is 16.8 Å². The Kier molecular flexibility index (Phi) is 6.85. The zero-order valence-corrected chi connectivity index (χ0v) is 17.1. The third kappa shape index (κ3) is 5.14. The molecule has 3 heteroatoms. The van der Waals surface area contributed by atoms with E-state index in [2.05, 4.69) is 42.8 Å². The second-order valence-corrected chi connectivity index (χ2v) is 7.36. The van der Waals surface area contributed by atoms with Gasteiger partial charge in [-0.3, -0.25) is 4.79 Å². The van der Waals surface area contributed by atoms with Crippen LogP contribution in [0.5, 0.6) is 0 Å². The Labute approximate surface area is 173 Å². The molecule has 29 heavy (non-hydrogen) atoms. The third-order valence-electron chi connectivity index (χ3n) is 4.93. The van der Waals surface area contributed by atoms with Gasteiger partial charge in [-0.15, -0.1) is 6.58 Å². The Morgan fingerprint density at radius 1 is 0.897 bits per heavy atom. The van der Waals surface area contributed by atoms with Gasteiger partial charge in [0.05, 0.1) is 0 Å². The maximum atomic E-state index is 13.4. The standard InChI is InChI=1S/C26H28N2O/c1-4-19-28(24-13-9-6-10-14-24)25(22-11-7-5-8-12-22)26(29)27-23-17-15-21(16-18-23)20(2)3/h4-18,20,25H,1,19H2,2-3H3,(H,27,29)/t25-/m1/s1. The molecule has 0 saturated heterocycles. The first kappa shape index (κ1) is 20.4. The molecule has 0 aliphatic heterocycles. The Bertz CT molecular complexity index is 918. The number of hydrogen-bond acceptors (Lipinski definition) is 2. The average molecular weight is 385 g/mol. The fourth-order valence-corrected chi connectivity index (χ4v) is 3.39. The van der Waals surface area contributed by atoms with Gasteiger partial charge < -0.3 is 10.2 Å². The lowest BCUT2D eigenvalue weighted by Crippen LogP contribution is -2.37. The molecule has 1 amide bonds. The van der Waals surface area contributed by atoms with Gasteiger partial charge in [-0.1, -0.05) is 80.6 Å². The zero-order valence-electron chi connectivity index (χ0n) is 17.1. The van der Waals surface area contributed by atoms with E-state index in [1.54, 1.807) is 0 Å². The molecule has 3 nitrogen and oxygen atoms in total. The number of benzene rings is 3. The summed E-state index contributed by atoms with van der Waals surface area (Å²) in [5.41, 5.74) is 3.97. The van der Waals surface area contributed by atoms with E-state index in [0.29, 0.717) is 12.5 Å².